The van der Waals surface area contributed by atoms with Gasteiger partial charge in [-0.15, -0.1) is 0 Å². The average Bonchev–Trinajstić information content (AvgIpc) is 2.99. The molecule has 0 aliphatic heterocycles. The Balaban J connectivity index is 2.01. The maximum absolute atomic E-state index is 4.79. The van der Waals surface area contributed by atoms with E-state index in [4.69, 9.17) is 4.52 Å². The first kappa shape index (κ1) is 13.3. The van der Waals surface area contributed by atoms with Crippen LogP contribution < -0.4 is 5.32 Å². The highest BCUT2D eigenvalue weighted by molar-refractivity contribution is 9.10. The second-order valence-electron chi connectivity index (χ2n) is 3.97. The van der Waals surface area contributed by atoms with Crippen molar-refractivity contribution in [2.75, 3.05) is 0 Å². The van der Waals surface area contributed by atoms with E-state index in [-0.39, 0.29) is 0 Å². The van der Waals surface area contributed by atoms with Crippen molar-refractivity contribution in [3.05, 3.63) is 33.9 Å². The number of nitrogens with zero attached hydrogens (tertiary/aromatic N) is 3. The molecule has 0 aromatic carbocycles. The van der Waals surface area contributed by atoms with Crippen molar-refractivity contribution >= 4 is 15.9 Å². The smallest absolute Gasteiger partial charge is 0.124 e. The van der Waals surface area contributed by atoms with E-state index in [2.05, 4.69) is 45.3 Å². The maximum Gasteiger partial charge on any atom is 0.124 e. The van der Waals surface area contributed by atoms with Gasteiger partial charge in [0.1, 0.15) is 6.26 Å². The SMILES string of the molecule is CCc1nn(CC)c(CNCc2ccon2)c1Br. The summed E-state index contributed by atoms with van der Waals surface area (Å²) in [6.45, 7) is 6.53. The zero-order valence-electron chi connectivity index (χ0n) is 10.6. The summed E-state index contributed by atoms with van der Waals surface area (Å²) in [5, 5.41) is 11.8. The van der Waals surface area contributed by atoms with Crippen molar-refractivity contribution in [3.63, 3.8) is 0 Å². The fourth-order valence-corrected chi connectivity index (χ4v) is 2.53. The van der Waals surface area contributed by atoms with Crippen molar-refractivity contribution in [2.45, 2.75) is 39.9 Å². The van der Waals surface area contributed by atoms with Gasteiger partial charge in [0, 0.05) is 25.7 Å². The number of halogens is 1. The average molecular weight is 313 g/mol. The van der Waals surface area contributed by atoms with Crippen molar-refractivity contribution < 1.29 is 4.52 Å². The summed E-state index contributed by atoms with van der Waals surface area (Å²) in [5.41, 5.74) is 3.19. The predicted molar refractivity (Wildman–Crippen MR) is 72.0 cm³/mol. The van der Waals surface area contributed by atoms with Crippen LogP contribution in [0.3, 0.4) is 0 Å². The van der Waals surface area contributed by atoms with E-state index in [1.54, 1.807) is 6.26 Å². The van der Waals surface area contributed by atoms with Crippen molar-refractivity contribution in [1.82, 2.24) is 20.3 Å². The van der Waals surface area contributed by atoms with Gasteiger partial charge in [0.2, 0.25) is 0 Å². The fraction of sp³-hybridized carbons (Fsp3) is 0.500. The lowest BCUT2D eigenvalue weighted by molar-refractivity contribution is 0.408. The molecule has 0 fully saturated rings. The molecule has 2 heterocycles. The third-order valence-corrected chi connectivity index (χ3v) is 3.70. The number of hydrogen-bond acceptors (Lipinski definition) is 4. The van der Waals surface area contributed by atoms with Gasteiger partial charge in [-0.1, -0.05) is 12.1 Å². The summed E-state index contributed by atoms with van der Waals surface area (Å²) in [6, 6.07) is 1.86. The van der Waals surface area contributed by atoms with Gasteiger partial charge in [-0.2, -0.15) is 5.10 Å². The maximum atomic E-state index is 4.79. The Morgan fingerprint density at radius 2 is 2.22 bits per heavy atom. The molecule has 98 valence electrons. The molecule has 0 atom stereocenters. The summed E-state index contributed by atoms with van der Waals surface area (Å²) in [5.74, 6) is 0. The van der Waals surface area contributed by atoms with E-state index in [1.165, 1.54) is 5.69 Å². The van der Waals surface area contributed by atoms with Gasteiger partial charge >= 0.3 is 0 Å². The molecule has 5 nitrogen and oxygen atoms in total. The fourth-order valence-electron chi connectivity index (χ4n) is 1.82. The molecule has 2 aromatic heterocycles. The van der Waals surface area contributed by atoms with Gasteiger partial charge in [0.25, 0.3) is 0 Å². The summed E-state index contributed by atoms with van der Waals surface area (Å²) >= 11 is 3.62. The van der Waals surface area contributed by atoms with Crippen LogP contribution in [0.4, 0.5) is 0 Å². The lowest BCUT2D eigenvalue weighted by Gasteiger charge is -2.06. The number of hydrogen-bond donors (Lipinski definition) is 1. The standard InChI is InChI=1S/C12H17BrN4O/c1-3-10-12(13)11(17(4-2)15-10)8-14-7-9-5-6-18-16-9/h5-6,14H,3-4,7-8H2,1-2H3. The minimum absolute atomic E-state index is 0.694. The Hall–Kier alpha value is -1.14. The summed E-state index contributed by atoms with van der Waals surface area (Å²) in [7, 11) is 0. The quantitative estimate of drug-likeness (QED) is 0.890. The first-order chi connectivity index (χ1) is 8.76. The Morgan fingerprint density at radius 3 is 2.83 bits per heavy atom. The van der Waals surface area contributed by atoms with Crippen LogP contribution in [0.2, 0.25) is 0 Å². The summed E-state index contributed by atoms with van der Waals surface area (Å²) < 4.78 is 7.93. The second-order valence-corrected chi connectivity index (χ2v) is 4.76. The molecule has 18 heavy (non-hydrogen) atoms. The van der Waals surface area contributed by atoms with E-state index in [1.807, 2.05) is 10.7 Å². The molecule has 0 aliphatic rings. The first-order valence-corrected chi connectivity index (χ1v) is 6.89. The summed E-state index contributed by atoms with van der Waals surface area (Å²) in [4.78, 5) is 0. The molecule has 0 aliphatic carbocycles. The van der Waals surface area contributed by atoms with Crippen LogP contribution in [0.1, 0.15) is 30.9 Å². The minimum atomic E-state index is 0.694. The van der Waals surface area contributed by atoms with E-state index >= 15 is 0 Å². The Labute approximate surface area is 115 Å². The van der Waals surface area contributed by atoms with E-state index in [9.17, 15) is 0 Å². The van der Waals surface area contributed by atoms with Crippen LogP contribution in [-0.4, -0.2) is 14.9 Å². The number of aryl methyl sites for hydroxylation is 2. The highest BCUT2D eigenvalue weighted by atomic mass is 79.9. The molecule has 0 radical (unpaired) electrons. The largest absolute Gasteiger partial charge is 0.364 e. The molecule has 0 amide bonds. The highest BCUT2D eigenvalue weighted by Crippen LogP contribution is 2.22. The third-order valence-electron chi connectivity index (χ3n) is 2.78. The second kappa shape index (κ2) is 6.15. The number of nitrogens with one attached hydrogen (secondary N) is 1. The molecule has 0 saturated carbocycles. The van der Waals surface area contributed by atoms with Crippen LogP contribution in [0.25, 0.3) is 0 Å². The van der Waals surface area contributed by atoms with Crippen LogP contribution in [-0.2, 0) is 26.1 Å². The van der Waals surface area contributed by atoms with Gasteiger partial charge in [0.05, 0.1) is 21.6 Å². The molecule has 0 bridgehead atoms. The molecule has 0 unspecified atom stereocenters. The van der Waals surface area contributed by atoms with Crippen molar-refractivity contribution in [2.24, 2.45) is 0 Å². The van der Waals surface area contributed by atoms with Crippen LogP contribution >= 0.6 is 15.9 Å². The lowest BCUT2D eigenvalue weighted by Crippen LogP contribution is -2.16. The molecule has 2 aromatic rings. The molecule has 6 heteroatoms. The zero-order chi connectivity index (χ0) is 13.0. The first-order valence-electron chi connectivity index (χ1n) is 6.10. The van der Waals surface area contributed by atoms with E-state index in [0.717, 1.165) is 35.4 Å². The van der Waals surface area contributed by atoms with Crippen LogP contribution in [0, 0.1) is 0 Å². The molecular weight excluding hydrogens is 296 g/mol. The monoisotopic (exact) mass is 312 g/mol. The van der Waals surface area contributed by atoms with Crippen LogP contribution in [0.15, 0.2) is 21.3 Å². The highest BCUT2D eigenvalue weighted by Gasteiger charge is 2.13. The predicted octanol–water partition coefficient (Wildman–Crippen LogP) is 2.51. The summed E-state index contributed by atoms with van der Waals surface area (Å²) in [6.07, 6.45) is 2.52. The Bertz CT molecular complexity index is 492. The lowest BCUT2D eigenvalue weighted by atomic mass is 10.3. The number of rotatable bonds is 6. The van der Waals surface area contributed by atoms with Gasteiger partial charge in [-0.05, 0) is 29.3 Å². The zero-order valence-corrected chi connectivity index (χ0v) is 12.2. The van der Waals surface area contributed by atoms with Gasteiger partial charge in [-0.3, -0.25) is 4.68 Å². The molecular formula is C12H17BrN4O. The van der Waals surface area contributed by atoms with Gasteiger partial charge in [0.15, 0.2) is 0 Å². The molecule has 0 saturated heterocycles. The minimum Gasteiger partial charge on any atom is -0.364 e. The Morgan fingerprint density at radius 1 is 1.39 bits per heavy atom. The van der Waals surface area contributed by atoms with Gasteiger partial charge in [-0.25, -0.2) is 0 Å². The molecule has 1 N–H and O–H groups in total. The topological polar surface area (TPSA) is 55.9 Å². The Kier molecular flexibility index (Phi) is 4.54. The third kappa shape index (κ3) is 2.81. The van der Waals surface area contributed by atoms with E-state index < -0.39 is 0 Å². The van der Waals surface area contributed by atoms with Gasteiger partial charge < -0.3 is 9.84 Å². The molecule has 2 rings (SSSR count). The van der Waals surface area contributed by atoms with Crippen molar-refractivity contribution in [1.29, 1.82) is 0 Å². The number of aromatic nitrogens is 3. The van der Waals surface area contributed by atoms with E-state index in [0.29, 0.717) is 6.54 Å². The molecule has 0 spiro atoms. The normalized spacial score (nSPS) is 11.1. The van der Waals surface area contributed by atoms with Crippen molar-refractivity contribution in [3.8, 4) is 0 Å². The van der Waals surface area contributed by atoms with Crippen LogP contribution in [0.5, 0.6) is 0 Å².